The van der Waals surface area contributed by atoms with E-state index in [1.165, 1.54) is 32.2 Å². The van der Waals surface area contributed by atoms with Crippen LogP contribution in [0.5, 0.6) is 0 Å². The Morgan fingerprint density at radius 2 is 1.88 bits per heavy atom. The highest BCUT2D eigenvalue weighted by Gasteiger charge is 2.28. The Labute approximate surface area is 102 Å². The molecule has 2 heteroatoms. The Morgan fingerprint density at radius 1 is 1.31 bits per heavy atom. The first kappa shape index (κ1) is 14.0. The molecular weight excluding hydrogens is 196 g/mol. The highest BCUT2D eigenvalue weighted by molar-refractivity contribution is 4.83. The Kier molecular flexibility index (Phi) is 5.26. The van der Waals surface area contributed by atoms with Crippen molar-refractivity contribution >= 4 is 0 Å². The number of rotatable bonds is 5. The Balaban J connectivity index is 2.30. The molecule has 0 aromatic rings. The van der Waals surface area contributed by atoms with Gasteiger partial charge < -0.3 is 10.2 Å². The second-order valence-corrected chi connectivity index (χ2v) is 6.29. The minimum Gasteiger partial charge on any atom is -0.313 e. The zero-order valence-electron chi connectivity index (χ0n) is 11.8. The number of nitrogens with one attached hydrogen (secondary N) is 1. The lowest BCUT2D eigenvalue weighted by atomic mass is 9.75. The molecule has 0 amide bonds. The summed E-state index contributed by atoms with van der Waals surface area (Å²) in [5.41, 5.74) is 0.588. The monoisotopic (exact) mass is 226 g/mol. The molecule has 1 N–H and O–H groups in total. The summed E-state index contributed by atoms with van der Waals surface area (Å²) in [5, 5.41) is 3.49. The van der Waals surface area contributed by atoms with Crippen molar-refractivity contribution in [1.29, 1.82) is 0 Å². The second kappa shape index (κ2) is 6.02. The van der Waals surface area contributed by atoms with Gasteiger partial charge in [0.1, 0.15) is 0 Å². The molecule has 0 aromatic carbocycles. The summed E-state index contributed by atoms with van der Waals surface area (Å²) in [6.45, 7) is 11.5. The summed E-state index contributed by atoms with van der Waals surface area (Å²) in [4.78, 5) is 2.56. The van der Waals surface area contributed by atoms with Crippen LogP contribution in [0.2, 0.25) is 0 Å². The zero-order chi connectivity index (χ0) is 12.2. The van der Waals surface area contributed by atoms with Crippen LogP contribution in [0.1, 0.15) is 53.4 Å². The van der Waals surface area contributed by atoms with Crippen LogP contribution in [0.15, 0.2) is 0 Å². The third-order valence-corrected chi connectivity index (χ3v) is 4.05. The summed E-state index contributed by atoms with van der Waals surface area (Å²) >= 11 is 0. The van der Waals surface area contributed by atoms with Crippen molar-refractivity contribution in [1.82, 2.24) is 10.2 Å². The molecule has 16 heavy (non-hydrogen) atoms. The largest absolute Gasteiger partial charge is 0.313 e. The molecule has 1 aliphatic carbocycles. The summed E-state index contributed by atoms with van der Waals surface area (Å²) in [6, 6.07) is 1.43. The molecule has 0 aromatic heterocycles. The van der Waals surface area contributed by atoms with Crippen molar-refractivity contribution < 1.29 is 0 Å². The fraction of sp³-hybridized carbons (Fsp3) is 1.00. The Bertz CT molecular complexity index is 191. The lowest BCUT2D eigenvalue weighted by Crippen LogP contribution is -2.44. The second-order valence-electron chi connectivity index (χ2n) is 6.29. The molecule has 96 valence electrons. The van der Waals surface area contributed by atoms with Gasteiger partial charge in [0.15, 0.2) is 0 Å². The summed E-state index contributed by atoms with van der Waals surface area (Å²) in [7, 11) is 2.29. The third-order valence-electron chi connectivity index (χ3n) is 4.05. The molecule has 0 bridgehead atoms. The summed E-state index contributed by atoms with van der Waals surface area (Å²) in [6.07, 6.45) is 5.53. The topological polar surface area (TPSA) is 15.3 Å². The minimum absolute atomic E-state index is 0.588. The fourth-order valence-electron chi connectivity index (χ4n) is 2.82. The summed E-state index contributed by atoms with van der Waals surface area (Å²) < 4.78 is 0. The predicted octanol–water partition coefficient (Wildman–Crippen LogP) is 2.89. The average molecular weight is 226 g/mol. The molecule has 0 radical (unpaired) electrons. The maximum Gasteiger partial charge on any atom is 0.0166 e. The van der Waals surface area contributed by atoms with Gasteiger partial charge in [0, 0.05) is 18.6 Å². The van der Waals surface area contributed by atoms with E-state index < -0.39 is 0 Å². The van der Waals surface area contributed by atoms with Crippen LogP contribution in [-0.4, -0.2) is 37.1 Å². The van der Waals surface area contributed by atoms with Gasteiger partial charge in [-0.3, -0.25) is 0 Å². The number of nitrogens with zero attached hydrogens (tertiary/aromatic N) is 1. The van der Waals surface area contributed by atoms with E-state index in [-0.39, 0.29) is 0 Å². The molecule has 1 unspecified atom stereocenters. The van der Waals surface area contributed by atoms with Crippen LogP contribution in [0.3, 0.4) is 0 Å². The van der Waals surface area contributed by atoms with Crippen molar-refractivity contribution in [3.63, 3.8) is 0 Å². The van der Waals surface area contributed by atoms with Gasteiger partial charge in [-0.2, -0.15) is 0 Å². The molecule has 0 spiro atoms. The number of likely N-dealkylation sites (N-methyl/N-ethyl adjacent to an activating group) is 2. The van der Waals surface area contributed by atoms with Crippen LogP contribution in [0.25, 0.3) is 0 Å². The Morgan fingerprint density at radius 3 is 2.38 bits per heavy atom. The smallest absolute Gasteiger partial charge is 0.0166 e. The van der Waals surface area contributed by atoms with Gasteiger partial charge in [0.05, 0.1) is 0 Å². The number of hydrogen-bond donors (Lipinski definition) is 1. The van der Waals surface area contributed by atoms with Gasteiger partial charge in [-0.25, -0.2) is 0 Å². The van der Waals surface area contributed by atoms with Gasteiger partial charge >= 0.3 is 0 Å². The van der Waals surface area contributed by atoms with E-state index in [1.807, 2.05) is 0 Å². The quantitative estimate of drug-likeness (QED) is 0.775. The first-order chi connectivity index (χ1) is 7.44. The maximum atomic E-state index is 3.49. The maximum absolute atomic E-state index is 3.49. The van der Waals surface area contributed by atoms with Gasteiger partial charge in [-0.15, -0.1) is 0 Å². The normalized spacial score (nSPS) is 23.6. The van der Waals surface area contributed by atoms with Gasteiger partial charge in [0.25, 0.3) is 0 Å². The van der Waals surface area contributed by atoms with Crippen LogP contribution in [-0.2, 0) is 0 Å². The van der Waals surface area contributed by atoms with Gasteiger partial charge in [0.2, 0.25) is 0 Å². The lowest BCUT2D eigenvalue weighted by molar-refractivity contribution is 0.121. The highest BCUT2D eigenvalue weighted by Crippen LogP contribution is 2.36. The van der Waals surface area contributed by atoms with Crippen LogP contribution in [0, 0.1) is 5.41 Å². The molecule has 2 nitrogen and oxygen atoms in total. The lowest BCUT2D eigenvalue weighted by Gasteiger charge is -2.39. The van der Waals surface area contributed by atoms with Gasteiger partial charge in [-0.05, 0) is 51.6 Å². The highest BCUT2D eigenvalue weighted by atomic mass is 15.2. The van der Waals surface area contributed by atoms with Gasteiger partial charge in [-0.1, -0.05) is 20.8 Å². The standard InChI is InChI=1S/C14H30N2/c1-6-15-12(2)11-16(5)13-7-9-14(3,4)10-8-13/h12-13,15H,6-11H2,1-5H3. The first-order valence-electron chi connectivity index (χ1n) is 6.88. The van der Waals surface area contributed by atoms with Crippen molar-refractivity contribution in [3.8, 4) is 0 Å². The van der Waals surface area contributed by atoms with E-state index in [2.05, 4.69) is 45.0 Å². The van der Waals surface area contributed by atoms with Crippen molar-refractivity contribution in [3.05, 3.63) is 0 Å². The molecule has 1 rings (SSSR count). The predicted molar refractivity (Wildman–Crippen MR) is 71.8 cm³/mol. The SMILES string of the molecule is CCNC(C)CN(C)C1CCC(C)(C)CC1. The fourth-order valence-corrected chi connectivity index (χ4v) is 2.82. The first-order valence-corrected chi connectivity index (χ1v) is 6.88. The molecule has 0 saturated heterocycles. The van der Waals surface area contributed by atoms with E-state index in [4.69, 9.17) is 0 Å². The molecule has 1 atom stereocenters. The average Bonchev–Trinajstić information content (AvgIpc) is 2.17. The minimum atomic E-state index is 0.588. The molecule has 1 fully saturated rings. The Hall–Kier alpha value is -0.0800. The number of hydrogen-bond acceptors (Lipinski definition) is 2. The molecule has 0 aliphatic heterocycles. The van der Waals surface area contributed by atoms with Crippen LogP contribution < -0.4 is 5.32 Å². The molecule has 1 aliphatic rings. The zero-order valence-corrected chi connectivity index (χ0v) is 11.8. The molecule has 0 heterocycles. The van der Waals surface area contributed by atoms with Crippen LogP contribution >= 0.6 is 0 Å². The van der Waals surface area contributed by atoms with Crippen molar-refractivity contribution in [2.75, 3.05) is 20.1 Å². The van der Waals surface area contributed by atoms with E-state index in [0.717, 1.165) is 12.6 Å². The molecule has 1 saturated carbocycles. The van der Waals surface area contributed by atoms with E-state index in [9.17, 15) is 0 Å². The van der Waals surface area contributed by atoms with E-state index in [1.54, 1.807) is 0 Å². The van der Waals surface area contributed by atoms with Crippen molar-refractivity contribution in [2.45, 2.75) is 65.5 Å². The van der Waals surface area contributed by atoms with Crippen molar-refractivity contribution in [2.24, 2.45) is 5.41 Å². The van der Waals surface area contributed by atoms with E-state index >= 15 is 0 Å². The van der Waals surface area contributed by atoms with E-state index in [0.29, 0.717) is 11.5 Å². The molecular formula is C14H30N2. The van der Waals surface area contributed by atoms with Crippen LogP contribution in [0.4, 0.5) is 0 Å². The summed E-state index contributed by atoms with van der Waals surface area (Å²) in [5.74, 6) is 0. The third kappa shape index (κ3) is 4.42.